The van der Waals surface area contributed by atoms with Gasteiger partial charge in [0, 0.05) is 26.3 Å². The van der Waals surface area contributed by atoms with Gasteiger partial charge in [-0.05, 0) is 84.9 Å². The highest BCUT2D eigenvalue weighted by Gasteiger charge is 2.40. The maximum Gasteiger partial charge on any atom is 0.283 e. The molecule has 2 N–H and O–H groups in total. The van der Waals surface area contributed by atoms with Crippen LogP contribution in [0.15, 0.2) is 111 Å². The van der Waals surface area contributed by atoms with Crippen LogP contribution in [0.3, 0.4) is 0 Å². The molecule has 0 aromatic heterocycles. The molecule has 2 heterocycles. The van der Waals surface area contributed by atoms with Crippen molar-refractivity contribution in [2.24, 2.45) is 0 Å². The lowest BCUT2D eigenvalue weighted by Crippen LogP contribution is -2.32. The van der Waals surface area contributed by atoms with E-state index in [4.69, 9.17) is 14.2 Å². The molecule has 6 rings (SSSR count). The number of halogens is 1. The average molecular weight is 645 g/mol. The van der Waals surface area contributed by atoms with Crippen molar-refractivity contribution in [3.63, 3.8) is 0 Å². The fourth-order valence-corrected chi connectivity index (χ4v) is 5.61. The number of carbonyl (C=O) groups excluding carboxylic acids is 3. The molecule has 0 unspecified atom stereocenters. The Kier molecular flexibility index (Phi) is 7.60. The van der Waals surface area contributed by atoms with E-state index in [2.05, 4.69) is 26.6 Å². The third-order valence-electron chi connectivity index (χ3n) is 6.43. The van der Waals surface area contributed by atoms with Crippen LogP contribution in [0.1, 0.15) is 10.4 Å². The van der Waals surface area contributed by atoms with Crippen LogP contribution in [-0.2, 0) is 9.59 Å². The smallest absolute Gasteiger partial charge is 0.283 e. The molecule has 0 aliphatic carbocycles. The fraction of sp³-hybridized carbons (Fsp3) is 0.0645. The van der Waals surface area contributed by atoms with Gasteiger partial charge in [-0.15, -0.1) is 0 Å². The van der Waals surface area contributed by atoms with Gasteiger partial charge in [0.2, 0.25) is 6.79 Å². The SMILES string of the molecule is COc1ccc(N2C(=O)C(Nc3ccc(Br)cc3)=C(Sc3cccc(NC(=O)c4ccc5c(c4)OCO5)c3)C2=O)cc1. The Balaban J connectivity index is 1.28. The molecule has 0 fully saturated rings. The van der Waals surface area contributed by atoms with Crippen LogP contribution < -0.4 is 29.7 Å². The van der Waals surface area contributed by atoms with Crippen LogP contribution in [0.2, 0.25) is 0 Å². The van der Waals surface area contributed by atoms with E-state index >= 15 is 0 Å². The Bertz CT molecular complexity index is 1740. The lowest BCUT2D eigenvalue weighted by molar-refractivity contribution is -0.120. The topological polar surface area (TPSA) is 106 Å². The summed E-state index contributed by atoms with van der Waals surface area (Å²) in [6.45, 7) is 0.116. The molecular weight excluding hydrogens is 622 g/mol. The number of nitrogens with zero attached hydrogens (tertiary/aromatic N) is 1. The van der Waals surface area contributed by atoms with Gasteiger partial charge in [0.1, 0.15) is 16.4 Å². The number of anilines is 3. The second-order valence-corrected chi connectivity index (χ2v) is 11.1. The van der Waals surface area contributed by atoms with Gasteiger partial charge in [0.05, 0.1) is 12.8 Å². The van der Waals surface area contributed by atoms with Gasteiger partial charge in [0.25, 0.3) is 17.7 Å². The van der Waals surface area contributed by atoms with Crippen molar-refractivity contribution in [3.8, 4) is 17.2 Å². The minimum Gasteiger partial charge on any atom is -0.497 e. The summed E-state index contributed by atoms with van der Waals surface area (Å²) in [5.74, 6) is 0.423. The Hall–Kier alpha value is -4.74. The molecule has 0 spiro atoms. The van der Waals surface area contributed by atoms with Crippen molar-refractivity contribution in [2.45, 2.75) is 4.90 Å². The first-order valence-corrected chi connectivity index (χ1v) is 14.3. The molecule has 11 heteroatoms. The van der Waals surface area contributed by atoms with Crippen LogP contribution in [-0.4, -0.2) is 31.6 Å². The normalized spacial score (nSPS) is 13.9. The van der Waals surface area contributed by atoms with Crippen LogP contribution in [0.25, 0.3) is 0 Å². The number of benzene rings is 4. The summed E-state index contributed by atoms with van der Waals surface area (Å²) >= 11 is 4.55. The highest BCUT2D eigenvalue weighted by molar-refractivity contribution is 9.10. The summed E-state index contributed by atoms with van der Waals surface area (Å²) in [7, 11) is 1.55. The van der Waals surface area contributed by atoms with E-state index in [0.29, 0.717) is 44.8 Å². The van der Waals surface area contributed by atoms with Gasteiger partial charge in [-0.3, -0.25) is 14.4 Å². The molecular formula is C31H22BrN3O6S. The van der Waals surface area contributed by atoms with E-state index in [0.717, 1.165) is 21.1 Å². The molecule has 2 aliphatic heterocycles. The van der Waals surface area contributed by atoms with Gasteiger partial charge in [-0.2, -0.15) is 0 Å². The van der Waals surface area contributed by atoms with E-state index in [9.17, 15) is 14.4 Å². The molecule has 0 bridgehead atoms. The number of imide groups is 1. The molecule has 42 heavy (non-hydrogen) atoms. The van der Waals surface area contributed by atoms with Gasteiger partial charge in [-0.1, -0.05) is 33.8 Å². The lowest BCUT2D eigenvalue weighted by atomic mass is 10.2. The van der Waals surface area contributed by atoms with Crippen molar-refractivity contribution >= 4 is 62.5 Å². The average Bonchev–Trinajstić information content (AvgIpc) is 3.56. The van der Waals surface area contributed by atoms with Gasteiger partial charge in [0.15, 0.2) is 11.5 Å². The van der Waals surface area contributed by atoms with Crippen molar-refractivity contribution in [2.75, 3.05) is 29.4 Å². The number of carbonyl (C=O) groups is 3. The predicted molar refractivity (Wildman–Crippen MR) is 163 cm³/mol. The number of hydrogen-bond donors (Lipinski definition) is 2. The number of thioether (sulfide) groups is 1. The van der Waals surface area contributed by atoms with Gasteiger partial charge >= 0.3 is 0 Å². The maximum atomic E-state index is 13.7. The van der Waals surface area contributed by atoms with E-state index in [-0.39, 0.29) is 23.3 Å². The first kappa shape index (κ1) is 27.4. The van der Waals surface area contributed by atoms with E-state index in [1.54, 1.807) is 86.0 Å². The molecule has 0 saturated carbocycles. The van der Waals surface area contributed by atoms with Crippen LogP contribution >= 0.6 is 27.7 Å². The minimum absolute atomic E-state index is 0.116. The van der Waals surface area contributed by atoms with Crippen LogP contribution in [0.4, 0.5) is 17.1 Å². The highest BCUT2D eigenvalue weighted by atomic mass is 79.9. The van der Waals surface area contributed by atoms with Crippen LogP contribution in [0.5, 0.6) is 17.2 Å². The fourth-order valence-electron chi connectivity index (χ4n) is 4.35. The Morgan fingerprint density at radius 3 is 2.40 bits per heavy atom. The first-order chi connectivity index (χ1) is 20.4. The van der Waals surface area contributed by atoms with E-state index in [1.165, 1.54) is 0 Å². The summed E-state index contributed by atoms with van der Waals surface area (Å²) in [6, 6.07) is 26.0. The summed E-state index contributed by atoms with van der Waals surface area (Å²) in [5.41, 5.74) is 2.15. The van der Waals surface area contributed by atoms with Gasteiger partial charge in [-0.25, -0.2) is 4.90 Å². The van der Waals surface area contributed by atoms with Crippen molar-refractivity contribution < 1.29 is 28.6 Å². The number of fused-ring (bicyclic) bond motifs is 1. The summed E-state index contributed by atoms with van der Waals surface area (Å²) in [5, 5.41) is 6.02. The standard InChI is InChI=1S/C31H22BrN3O6S/c1-39-23-12-10-22(11-13-23)35-30(37)27(33-20-8-6-19(32)7-9-20)28(31(35)38)42-24-4-2-3-21(16-24)34-29(36)18-5-14-25-26(15-18)41-17-40-25/h2-16,33H,17H2,1H3,(H,34,36). The Labute approximate surface area is 253 Å². The minimum atomic E-state index is -0.483. The zero-order valence-corrected chi connectivity index (χ0v) is 24.5. The zero-order valence-electron chi connectivity index (χ0n) is 22.1. The van der Waals surface area contributed by atoms with Crippen molar-refractivity contribution in [3.05, 3.63) is 112 Å². The molecule has 4 aromatic rings. The van der Waals surface area contributed by atoms with Crippen molar-refractivity contribution in [1.82, 2.24) is 0 Å². The lowest BCUT2D eigenvalue weighted by Gasteiger charge is -2.15. The molecule has 4 aromatic carbocycles. The van der Waals surface area contributed by atoms with Gasteiger partial charge < -0.3 is 24.8 Å². The summed E-state index contributed by atoms with van der Waals surface area (Å²) < 4.78 is 16.8. The Morgan fingerprint density at radius 1 is 0.881 bits per heavy atom. The number of ether oxygens (including phenoxy) is 3. The van der Waals surface area contributed by atoms with E-state index < -0.39 is 11.8 Å². The summed E-state index contributed by atoms with van der Waals surface area (Å²) in [6.07, 6.45) is 0. The largest absolute Gasteiger partial charge is 0.497 e. The molecule has 9 nitrogen and oxygen atoms in total. The number of rotatable bonds is 8. The second-order valence-electron chi connectivity index (χ2n) is 9.13. The van der Waals surface area contributed by atoms with Crippen molar-refractivity contribution in [1.29, 1.82) is 0 Å². The second kappa shape index (κ2) is 11.6. The third kappa shape index (κ3) is 5.56. The van der Waals surface area contributed by atoms with Crippen LogP contribution in [0, 0.1) is 0 Å². The maximum absolute atomic E-state index is 13.7. The highest BCUT2D eigenvalue weighted by Crippen LogP contribution is 2.39. The number of methoxy groups -OCH3 is 1. The molecule has 0 radical (unpaired) electrons. The Morgan fingerprint density at radius 2 is 1.64 bits per heavy atom. The number of amides is 3. The third-order valence-corrected chi connectivity index (χ3v) is 8.03. The summed E-state index contributed by atoms with van der Waals surface area (Å²) in [4.78, 5) is 42.3. The van der Waals surface area contributed by atoms with E-state index in [1.807, 2.05) is 12.1 Å². The molecule has 0 atom stereocenters. The monoisotopic (exact) mass is 643 g/mol. The molecule has 3 amide bonds. The number of nitrogens with one attached hydrogen (secondary N) is 2. The molecule has 0 saturated heterocycles. The first-order valence-electron chi connectivity index (χ1n) is 12.7. The molecule has 2 aliphatic rings. The quantitative estimate of drug-likeness (QED) is 0.212. The molecule has 210 valence electrons. The predicted octanol–water partition coefficient (Wildman–Crippen LogP) is 6.43. The zero-order chi connectivity index (χ0) is 29.2. The number of hydrogen-bond acceptors (Lipinski definition) is 8.